The van der Waals surface area contributed by atoms with Crippen LogP contribution in [0.4, 0.5) is 5.69 Å². The summed E-state index contributed by atoms with van der Waals surface area (Å²) >= 11 is 0. The molecule has 0 unspecified atom stereocenters. The molecule has 2 heterocycles. The number of primary amides is 1. The van der Waals surface area contributed by atoms with Crippen molar-refractivity contribution < 1.29 is 4.79 Å². The molecule has 2 aliphatic heterocycles. The van der Waals surface area contributed by atoms with Crippen LogP contribution in [-0.4, -0.2) is 17.8 Å². The first-order valence-corrected chi connectivity index (χ1v) is 7.62. The number of rotatable bonds is 1. The molecule has 2 aromatic rings. The Labute approximate surface area is 136 Å². The number of carbonyl (C=O) groups excluding carboxylic acids is 1. The van der Waals surface area contributed by atoms with Gasteiger partial charge < -0.3 is 5.73 Å². The van der Waals surface area contributed by atoms with Crippen molar-refractivity contribution in [3.8, 4) is 0 Å². The molecule has 5 heteroatoms. The molecular formula is C19H12N4O. The minimum atomic E-state index is -0.557. The van der Waals surface area contributed by atoms with Crippen LogP contribution in [0.3, 0.4) is 0 Å². The van der Waals surface area contributed by atoms with E-state index < -0.39 is 11.4 Å². The van der Waals surface area contributed by atoms with Gasteiger partial charge in [-0.2, -0.15) is 0 Å². The largest absolute Gasteiger partial charge is 0.366 e. The van der Waals surface area contributed by atoms with Gasteiger partial charge in [0, 0.05) is 5.56 Å². The average molecular weight is 312 g/mol. The van der Waals surface area contributed by atoms with Crippen molar-refractivity contribution in [1.29, 1.82) is 0 Å². The van der Waals surface area contributed by atoms with Crippen molar-refractivity contribution in [1.82, 2.24) is 0 Å². The van der Waals surface area contributed by atoms with Gasteiger partial charge in [0.2, 0.25) is 5.91 Å². The standard InChI is InChI=1S/C19H12N4O/c20-18(24)14-7-15-17(22-10-21-15)16-13(14)5-6-19(23-16)8-11-3-1-2-4-12(11)9-19/h1-10H,(H2,20,24). The first-order valence-electron chi connectivity index (χ1n) is 7.62. The molecule has 2 N–H and O–H groups in total. The summed E-state index contributed by atoms with van der Waals surface area (Å²) in [5.74, 6) is -0.491. The van der Waals surface area contributed by atoms with Crippen molar-refractivity contribution in [2.75, 3.05) is 0 Å². The van der Waals surface area contributed by atoms with Crippen molar-refractivity contribution in [2.24, 2.45) is 20.7 Å². The second-order valence-corrected chi connectivity index (χ2v) is 6.04. The molecule has 0 atom stereocenters. The summed E-state index contributed by atoms with van der Waals surface area (Å²) < 4.78 is 0. The summed E-state index contributed by atoms with van der Waals surface area (Å²) in [4.78, 5) is 25.3. The lowest BCUT2D eigenvalue weighted by Gasteiger charge is -2.20. The molecule has 1 spiro atoms. The van der Waals surface area contributed by atoms with Gasteiger partial charge >= 0.3 is 0 Å². The maximum Gasteiger partial charge on any atom is 0.249 e. The minimum Gasteiger partial charge on any atom is -0.366 e. The molecule has 1 aliphatic carbocycles. The van der Waals surface area contributed by atoms with Crippen LogP contribution >= 0.6 is 0 Å². The van der Waals surface area contributed by atoms with E-state index >= 15 is 0 Å². The number of nitrogens with zero attached hydrogens (tertiary/aromatic N) is 3. The second-order valence-electron chi connectivity index (χ2n) is 6.04. The Kier molecular flexibility index (Phi) is 2.38. The molecular weight excluding hydrogens is 300 g/mol. The Morgan fingerprint density at radius 3 is 2.54 bits per heavy atom. The van der Waals surface area contributed by atoms with Crippen molar-refractivity contribution >= 4 is 36.2 Å². The maximum atomic E-state index is 11.8. The van der Waals surface area contributed by atoms with E-state index in [1.165, 1.54) is 6.34 Å². The van der Waals surface area contributed by atoms with Crippen LogP contribution in [0.5, 0.6) is 0 Å². The summed E-state index contributed by atoms with van der Waals surface area (Å²) in [5, 5.41) is 3.65. The normalized spacial score (nSPS) is 17.2. The lowest BCUT2D eigenvalue weighted by Crippen LogP contribution is -2.37. The fourth-order valence-electron chi connectivity index (χ4n) is 3.44. The fourth-order valence-corrected chi connectivity index (χ4v) is 3.44. The first kappa shape index (κ1) is 13.1. The van der Waals surface area contributed by atoms with Gasteiger partial charge in [0.15, 0.2) is 0 Å². The zero-order valence-electron chi connectivity index (χ0n) is 12.6. The van der Waals surface area contributed by atoms with E-state index in [2.05, 4.69) is 34.3 Å². The third-order valence-electron chi connectivity index (χ3n) is 4.53. The quantitative estimate of drug-likeness (QED) is 0.773. The Morgan fingerprint density at radius 2 is 1.83 bits per heavy atom. The lowest BCUT2D eigenvalue weighted by molar-refractivity contribution is 0.1000. The summed E-state index contributed by atoms with van der Waals surface area (Å²) in [5.41, 5.74) is 6.74. The van der Waals surface area contributed by atoms with Gasteiger partial charge in [-0.05, 0) is 34.7 Å². The number of hydrogen-bond acceptors (Lipinski definition) is 4. The molecule has 2 aromatic carbocycles. The summed E-state index contributed by atoms with van der Waals surface area (Å²) in [6.45, 7) is 0. The predicted molar refractivity (Wildman–Crippen MR) is 91.8 cm³/mol. The molecule has 0 saturated carbocycles. The number of nitrogens with two attached hydrogens (primary N) is 1. The fraction of sp³-hybridized carbons (Fsp3) is 0.0526. The Bertz CT molecular complexity index is 1200. The first-order chi connectivity index (χ1) is 11.7. The van der Waals surface area contributed by atoms with Crippen LogP contribution in [0.15, 0.2) is 51.4 Å². The molecule has 0 fully saturated rings. The van der Waals surface area contributed by atoms with Crippen molar-refractivity contribution in [3.05, 3.63) is 68.7 Å². The highest BCUT2D eigenvalue weighted by Gasteiger charge is 2.28. The number of amides is 1. The van der Waals surface area contributed by atoms with E-state index in [1.54, 1.807) is 6.07 Å². The van der Waals surface area contributed by atoms with Gasteiger partial charge in [-0.3, -0.25) is 9.79 Å². The molecule has 0 aromatic heterocycles. The molecule has 3 aliphatic rings. The van der Waals surface area contributed by atoms with E-state index in [0.717, 1.165) is 10.4 Å². The van der Waals surface area contributed by atoms with E-state index in [9.17, 15) is 4.79 Å². The van der Waals surface area contributed by atoms with Crippen LogP contribution < -0.4 is 26.9 Å². The molecule has 5 nitrogen and oxygen atoms in total. The SMILES string of the molecule is NC(=O)c1cc2c(c3c1C=CC1(C=c4ccccc4=C1)N=3)=NC=N2. The van der Waals surface area contributed by atoms with E-state index in [0.29, 0.717) is 27.5 Å². The van der Waals surface area contributed by atoms with Gasteiger partial charge in [-0.15, -0.1) is 0 Å². The number of hydrogen-bond donors (Lipinski definition) is 1. The highest BCUT2D eigenvalue weighted by molar-refractivity contribution is 5.98. The number of aliphatic imine (C=N–C) groups is 1. The van der Waals surface area contributed by atoms with Crippen LogP contribution in [0.25, 0.3) is 18.2 Å². The van der Waals surface area contributed by atoms with Crippen LogP contribution in [0.2, 0.25) is 0 Å². The smallest absolute Gasteiger partial charge is 0.249 e. The zero-order valence-corrected chi connectivity index (χ0v) is 12.6. The number of carbonyl (C=O) groups is 1. The topological polar surface area (TPSA) is 80.2 Å². The summed E-state index contributed by atoms with van der Waals surface area (Å²) in [7, 11) is 0. The lowest BCUT2D eigenvalue weighted by atomic mass is 9.93. The highest BCUT2D eigenvalue weighted by Crippen LogP contribution is 2.25. The van der Waals surface area contributed by atoms with Crippen LogP contribution in [0, 0.1) is 0 Å². The monoisotopic (exact) mass is 312 g/mol. The average Bonchev–Trinajstić information content (AvgIpc) is 3.17. The van der Waals surface area contributed by atoms with Crippen molar-refractivity contribution in [3.63, 3.8) is 0 Å². The predicted octanol–water partition coefficient (Wildman–Crippen LogP) is -0.262. The molecule has 0 bridgehead atoms. The van der Waals surface area contributed by atoms with Crippen LogP contribution in [0.1, 0.15) is 15.9 Å². The number of fused-ring (bicyclic) bond motifs is 4. The Balaban J connectivity index is 1.88. The zero-order chi connectivity index (χ0) is 16.3. The van der Waals surface area contributed by atoms with Gasteiger partial charge in [0.25, 0.3) is 0 Å². The maximum absolute atomic E-state index is 11.8. The molecule has 0 saturated heterocycles. The van der Waals surface area contributed by atoms with Gasteiger partial charge in [0.1, 0.15) is 17.2 Å². The van der Waals surface area contributed by atoms with Gasteiger partial charge in [0.05, 0.1) is 16.6 Å². The summed E-state index contributed by atoms with van der Waals surface area (Å²) in [6.07, 6.45) is 9.61. The van der Waals surface area contributed by atoms with Gasteiger partial charge in [-0.25, -0.2) is 9.98 Å². The molecule has 1 amide bonds. The van der Waals surface area contributed by atoms with E-state index in [4.69, 9.17) is 10.7 Å². The molecule has 24 heavy (non-hydrogen) atoms. The second kappa shape index (κ2) is 4.35. The number of benzene rings is 2. The summed E-state index contributed by atoms with van der Waals surface area (Å²) in [6, 6.07) is 9.83. The molecule has 114 valence electrons. The molecule has 0 radical (unpaired) electrons. The Hall–Kier alpha value is -3.34. The van der Waals surface area contributed by atoms with E-state index in [1.807, 2.05) is 24.3 Å². The van der Waals surface area contributed by atoms with Crippen LogP contribution in [-0.2, 0) is 0 Å². The van der Waals surface area contributed by atoms with Gasteiger partial charge in [-0.1, -0.05) is 30.3 Å². The minimum absolute atomic E-state index is 0.420. The van der Waals surface area contributed by atoms with E-state index in [-0.39, 0.29) is 0 Å². The highest BCUT2D eigenvalue weighted by atomic mass is 16.1. The third-order valence-corrected chi connectivity index (χ3v) is 4.53. The van der Waals surface area contributed by atoms with Crippen molar-refractivity contribution in [2.45, 2.75) is 5.54 Å². The molecule has 5 rings (SSSR count). The third kappa shape index (κ3) is 1.69. The Morgan fingerprint density at radius 1 is 1.08 bits per heavy atom.